The Morgan fingerprint density at radius 3 is 2.65 bits per heavy atom. The molecule has 0 unspecified atom stereocenters. The summed E-state index contributed by atoms with van der Waals surface area (Å²) < 4.78 is 25.4. The topological polar surface area (TPSA) is 66.5 Å². The molecule has 2 atom stereocenters. The van der Waals surface area contributed by atoms with E-state index in [1.165, 1.54) is 4.31 Å². The van der Waals surface area contributed by atoms with Gasteiger partial charge in [-0.3, -0.25) is 4.79 Å². The van der Waals surface area contributed by atoms with E-state index in [2.05, 4.69) is 5.32 Å². The molecule has 1 aliphatic heterocycles. The Morgan fingerprint density at radius 2 is 2.04 bits per heavy atom. The van der Waals surface area contributed by atoms with Crippen molar-refractivity contribution < 1.29 is 13.2 Å². The standard InChI is InChI=1S/C16H23ClN2O3S/c1-3-23(21,22)19-10-4-5-14(11-19)16(20)18-12(2)13-6-8-15(17)9-7-13/h6-9,12,14H,3-5,10-11H2,1-2H3,(H,18,20)/t12-,14-/m1/s1. The van der Waals surface area contributed by atoms with E-state index < -0.39 is 10.0 Å². The number of rotatable bonds is 5. The molecule has 7 heteroatoms. The van der Waals surface area contributed by atoms with Crippen molar-refractivity contribution in [3.05, 3.63) is 34.9 Å². The minimum Gasteiger partial charge on any atom is -0.349 e. The molecule has 1 heterocycles. The fourth-order valence-electron chi connectivity index (χ4n) is 2.76. The number of piperidine rings is 1. The van der Waals surface area contributed by atoms with Crippen molar-refractivity contribution in [2.24, 2.45) is 5.92 Å². The molecular formula is C16H23ClN2O3S. The molecule has 1 fully saturated rings. The average Bonchev–Trinajstić information content (AvgIpc) is 2.55. The number of benzene rings is 1. The van der Waals surface area contributed by atoms with Gasteiger partial charge in [0.05, 0.1) is 17.7 Å². The average molecular weight is 359 g/mol. The van der Waals surface area contributed by atoms with Gasteiger partial charge in [0.1, 0.15) is 0 Å². The van der Waals surface area contributed by atoms with Crippen LogP contribution >= 0.6 is 11.6 Å². The Labute approximate surface area is 143 Å². The molecule has 0 radical (unpaired) electrons. The first-order valence-electron chi connectivity index (χ1n) is 7.87. The van der Waals surface area contributed by atoms with Crippen molar-refractivity contribution >= 4 is 27.5 Å². The molecule has 0 saturated carbocycles. The summed E-state index contributed by atoms with van der Waals surface area (Å²) in [6, 6.07) is 7.19. The van der Waals surface area contributed by atoms with E-state index in [1.807, 2.05) is 19.1 Å². The minimum absolute atomic E-state index is 0.0719. The normalized spacial score (nSPS) is 20.9. The van der Waals surface area contributed by atoms with Crippen molar-refractivity contribution in [2.45, 2.75) is 32.7 Å². The molecule has 1 N–H and O–H groups in total. The van der Waals surface area contributed by atoms with Crippen molar-refractivity contribution in [1.29, 1.82) is 0 Å². The molecule has 0 aliphatic carbocycles. The maximum Gasteiger partial charge on any atom is 0.224 e. The van der Waals surface area contributed by atoms with Gasteiger partial charge in [-0.25, -0.2) is 12.7 Å². The lowest BCUT2D eigenvalue weighted by Gasteiger charge is -2.31. The predicted octanol–water partition coefficient (Wildman–Crippen LogP) is 2.58. The number of nitrogens with zero attached hydrogens (tertiary/aromatic N) is 1. The van der Waals surface area contributed by atoms with Gasteiger partial charge in [0.15, 0.2) is 0 Å². The molecule has 5 nitrogen and oxygen atoms in total. The van der Waals surface area contributed by atoms with Crippen LogP contribution < -0.4 is 5.32 Å². The highest BCUT2D eigenvalue weighted by molar-refractivity contribution is 7.89. The first-order valence-corrected chi connectivity index (χ1v) is 9.86. The van der Waals surface area contributed by atoms with Gasteiger partial charge in [-0.05, 0) is 44.4 Å². The van der Waals surface area contributed by atoms with E-state index in [9.17, 15) is 13.2 Å². The fourth-order valence-corrected chi connectivity index (χ4v) is 4.06. The minimum atomic E-state index is -3.23. The zero-order valence-electron chi connectivity index (χ0n) is 13.5. The second kappa shape index (κ2) is 7.64. The molecule has 0 bridgehead atoms. The van der Waals surface area contributed by atoms with Crippen molar-refractivity contribution in [3.8, 4) is 0 Å². The Balaban J connectivity index is 1.98. The molecule has 128 valence electrons. The Hall–Kier alpha value is -1.11. The number of halogens is 1. The molecule has 23 heavy (non-hydrogen) atoms. The van der Waals surface area contributed by atoms with Gasteiger partial charge >= 0.3 is 0 Å². The lowest BCUT2D eigenvalue weighted by Crippen LogP contribution is -2.46. The van der Waals surface area contributed by atoms with Gasteiger partial charge < -0.3 is 5.32 Å². The highest BCUT2D eigenvalue weighted by Crippen LogP contribution is 2.22. The van der Waals surface area contributed by atoms with Gasteiger partial charge in [-0.2, -0.15) is 0 Å². The third-order valence-corrected chi connectivity index (χ3v) is 6.34. The number of amides is 1. The zero-order valence-corrected chi connectivity index (χ0v) is 15.0. The van der Waals surface area contributed by atoms with Crippen LogP contribution in [0, 0.1) is 5.92 Å². The van der Waals surface area contributed by atoms with E-state index in [-0.39, 0.29) is 30.2 Å². The molecular weight excluding hydrogens is 336 g/mol. The molecule has 1 aromatic rings. The highest BCUT2D eigenvalue weighted by atomic mass is 35.5. The summed E-state index contributed by atoms with van der Waals surface area (Å²) in [6.07, 6.45) is 1.43. The van der Waals surface area contributed by atoms with E-state index in [0.29, 0.717) is 18.0 Å². The van der Waals surface area contributed by atoms with Crippen LogP contribution in [0.3, 0.4) is 0 Å². The molecule has 0 spiro atoms. The van der Waals surface area contributed by atoms with E-state index in [1.54, 1.807) is 19.1 Å². The van der Waals surface area contributed by atoms with Gasteiger partial charge in [-0.15, -0.1) is 0 Å². The first-order chi connectivity index (χ1) is 10.8. The molecule has 1 amide bonds. The van der Waals surface area contributed by atoms with Gasteiger partial charge in [0.2, 0.25) is 15.9 Å². The summed E-state index contributed by atoms with van der Waals surface area (Å²) >= 11 is 5.87. The second-order valence-electron chi connectivity index (χ2n) is 5.88. The maximum atomic E-state index is 12.5. The Bertz CT molecular complexity index is 646. The lowest BCUT2D eigenvalue weighted by molar-refractivity contribution is -0.126. The number of sulfonamides is 1. The van der Waals surface area contributed by atoms with Gasteiger partial charge in [-0.1, -0.05) is 23.7 Å². The largest absolute Gasteiger partial charge is 0.349 e. The van der Waals surface area contributed by atoms with E-state index in [4.69, 9.17) is 11.6 Å². The monoisotopic (exact) mass is 358 g/mol. The lowest BCUT2D eigenvalue weighted by atomic mass is 9.98. The number of hydrogen-bond donors (Lipinski definition) is 1. The zero-order chi connectivity index (χ0) is 17.0. The quantitative estimate of drug-likeness (QED) is 0.879. The molecule has 1 saturated heterocycles. The van der Waals surface area contributed by atoms with Crippen LogP contribution in [0.5, 0.6) is 0 Å². The predicted molar refractivity (Wildman–Crippen MR) is 91.8 cm³/mol. The van der Waals surface area contributed by atoms with Crippen LogP contribution in [0.15, 0.2) is 24.3 Å². The van der Waals surface area contributed by atoms with Crippen molar-refractivity contribution in [1.82, 2.24) is 9.62 Å². The van der Waals surface area contributed by atoms with Crippen LogP contribution in [0.1, 0.15) is 38.3 Å². The van der Waals surface area contributed by atoms with Crippen LogP contribution in [0.4, 0.5) is 0 Å². The third kappa shape index (κ3) is 4.68. The molecule has 0 aromatic heterocycles. The maximum absolute atomic E-state index is 12.5. The summed E-state index contributed by atoms with van der Waals surface area (Å²) in [6.45, 7) is 4.31. The van der Waals surface area contributed by atoms with Crippen LogP contribution in [0.25, 0.3) is 0 Å². The van der Waals surface area contributed by atoms with Gasteiger partial charge in [0, 0.05) is 18.1 Å². The van der Waals surface area contributed by atoms with Crippen LogP contribution in [0.2, 0.25) is 5.02 Å². The van der Waals surface area contributed by atoms with E-state index >= 15 is 0 Å². The summed E-state index contributed by atoms with van der Waals surface area (Å²) in [5.41, 5.74) is 0.969. The number of carbonyl (C=O) groups excluding carboxylic acids is 1. The highest BCUT2D eigenvalue weighted by Gasteiger charge is 2.31. The van der Waals surface area contributed by atoms with Crippen LogP contribution in [-0.4, -0.2) is 37.5 Å². The number of hydrogen-bond acceptors (Lipinski definition) is 3. The van der Waals surface area contributed by atoms with Crippen LogP contribution in [-0.2, 0) is 14.8 Å². The fraction of sp³-hybridized carbons (Fsp3) is 0.562. The summed E-state index contributed by atoms with van der Waals surface area (Å²) in [7, 11) is -3.23. The Kier molecular flexibility index (Phi) is 6.06. The first kappa shape index (κ1) is 18.2. The van der Waals surface area contributed by atoms with Crippen molar-refractivity contribution in [2.75, 3.05) is 18.8 Å². The van der Waals surface area contributed by atoms with Crippen molar-refractivity contribution in [3.63, 3.8) is 0 Å². The molecule has 2 rings (SSSR count). The molecule has 1 aromatic carbocycles. The summed E-state index contributed by atoms with van der Waals surface area (Å²) in [4.78, 5) is 12.5. The summed E-state index contributed by atoms with van der Waals surface area (Å²) in [5.74, 6) is -0.314. The van der Waals surface area contributed by atoms with Gasteiger partial charge in [0.25, 0.3) is 0 Å². The third-order valence-electron chi connectivity index (χ3n) is 4.24. The number of nitrogens with one attached hydrogen (secondary N) is 1. The molecule has 1 aliphatic rings. The summed E-state index contributed by atoms with van der Waals surface area (Å²) in [5, 5.41) is 3.62. The smallest absolute Gasteiger partial charge is 0.224 e. The van der Waals surface area contributed by atoms with E-state index in [0.717, 1.165) is 12.0 Å². The Morgan fingerprint density at radius 1 is 1.39 bits per heavy atom. The second-order valence-corrected chi connectivity index (χ2v) is 8.57. The SMILES string of the molecule is CCS(=O)(=O)N1CCC[C@@H](C(=O)N[C@H](C)c2ccc(Cl)cc2)C1. The number of carbonyl (C=O) groups is 1.